The van der Waals surface area contributed by atoms with Gasteiger partial charge in [-0.25, -0.2) is 4.39 Å². The van der Waals surface area contributed by atoms with Gasteiger partial charge in [0.2, 0.25) is 0 Å². The lowest BCUT2D eigenvalue weighted by molar-refractivity contribution is 0.431. The number of nitrogens with two attached hydrogens (primary N) is 1. The standard InChI is InChI=1S/C17H17BrFN/c18-15-6-5-13(16(19)10-15)9-17(20)14-7-11-3-1-2-4-12(11)8-14/h1-6,10,14,17H,7-9,20H2. The number of benzene rings is 2. The molecule has 3 rings (SSSR count). The summed E-state index contributed by atoms with van der Waals surface area (Å²) in [4.78, 5) is 0. The van der Waals surface area contributed by atoms with Crippen molar-refractivity contribution in [2.75, 3.05) is 0 Å². The molecule has 1 aliphatic rings. The summed E-state index contributed by atoms with van der Waals surface area (Å²) in [7, 11) is 0. The lowest BCUT2D eigenvalue weighted by atomic mass is 9.92. The van der Waals surface area contributed by atoms with Gasteiger partial charge in [0.05, 0.1) is 0 Å². The first-order valence-corrected chi connectivity index (χ1v) is 7.69. The van der Waals surface area contributed by atoms with E-state index in [0.717, 1.165) is 17.3 Å². The number of halogens is 2. The van der Waals surface area contributed by atoms with Crippen LogP contribution in [-0.4, -0.2) is 6.04 Å². The summed E-state index contributed by atoms with van der Waals surface area (Å²) in [5.74, 6) is 0.237. The molecule has 1 unspecified atom stereocenters. The average Bonchev–Trinajstić information content (AvgIpc) is 2.86. The van der Waals surface area contributed by atoms with Crippen molar-refractivity contribution in [2.45, 2.75) is 25.3 Å². The van der Waals surface area contributed by atoms with Gasteiger partial charge in [0, 0.05) is 10.5 Å². The van der Waals surface area contributed by atoms with Gasteiger partial charge in [0.1, 0.15) is 5.82 Å². The molecule has 0 heterocycles. The van der Waals surface area contributed by atoms with E-state index in [4.69, 9.17) is 5.73 Å². The Labute approximate surface area is 127 Å². The third kappa shape index (κ3) is 2.79. The molecule has 1 atom stereocenters. The summed E-state index contributed by atoms with van der Waals surface area (Å²) in [6.07, 6.45) is 2.61. The molecule has 3 heteroatoms. The van der Waals surface area contributed by atoms with Gasteiger partial charge in [-0.05, 0) is 54.0 Å². The van der Waals surface area contributed by atoms with E-state index in [2.05, 4.69) is 40.2 Å². The fraction of sp³-hybridized carbons (Fsp3) is 0.294. The van der Waals surface area contributed by atoms with E-state index in [1.807, 2.05) is 12.1 Å². The predicted molar refractivity (Wildman–Crippen MR) is 83.1 cm³/mol. The highest BCUT2D eigenvalue weighted by Gasteiger charge is 2.26. The quantitative estimate of drug-likeness (QED) is 0.906. The van der Waals surface area contributed by atoms with Crippen molar-refractivity contribution in [2.24, 2.45) is 11.7 Å². The van der Waals surface area contributed by atoms with Gasteiger partial charge in [-0.2, -0.15) is 0 Å². The van der Waals surface area contributed by atoms with Crippen LogP contribution in [0.25, 0.3) is 0 Å². The molecular formula is C17H17BrFN. The van der Waals surface area contributed by atoms with E-state index in [-0.39, 0.29) is 11.9 Å². The summed E-state index contributed by atoms with van der Waals surface area (Å²) in [6, 6.07) is 13.7. The molecular weight excluding hydrogens is 317 g/mol. The molecule has 0 spiro atoms. The van der Waals surface area contributed by atoms with Crippen LogP contribution in [0, 0.1) is 11.7 Å². The summed E-state index contributed by atoms with van der Waals surface area (Å²) in [5, 5.41) is 0. The van der Waals surface area contributed by atoms with Crippen LogP contribution >= 0.6 is 15.9 Å². The molecule has 1 aliphatic carbocycles. The first-order chi connectivity index (χ1) is 9.63. The second-order valence-electron chi connectivity index (χ2n) is 5.54. The number of hydrogen-bond acceptors (Lipinski definition) is 1. The van der Waals surface area contributed by atoms with Crippen molar-refractivity contribution in [3.8, 4) is 0 Å². The van der Waals surface area contributed by atoms with E-state index >= 15 is 0 Å². The van der Waals surface area contributed by atoms with Gasteiger partial charge in [-0.3, -0.25) is 0 Å². The highest BCUT2D eigenvalue weighted by Crippen LogP contribution is 2.29. The minimum Gasteiger partial charge on any atom is -0.327 e. The Hall–Kier alpha value is -1.19. The van der Waals surface area contributed by atoms with Crippen LogP contribution < -0.4 is 5.73 Å². The summed E-state index contributed by atoms with van der Waals surface area (Å²) in [6.45, 7) is 0. The first kappa shape index (κ1) is 13.8. The smallest absolute Gasteiger partial charge is 0.127 e. The predicted octanol–water partition coefficient (Wildman–Crippen LogP) is 3.87. The third-order valence-electron chi connectivity index (χ3n) is 4.16. The van der Waals surface area contributed by atoms with E-state index < -0.39 is 0 Å². The molecule has 0 aromatic heterocycles. The Morgan fingerprint density at radius 3 is 2.40 bits per heavy atom. The van der Waals surface area contributed by atoms with Crippen LogP contribution in [0.1, 0.15) is 16.7 Å². The maximum absolute atomic E-state index is 13.9. The number of fused-ring (bicyclic) bond motifs is 1. The molecule has 0 radical (unpaired) electrons. The minimum atomic E-state index is -0.176. The molecule has 0 fully saturated rings. The second-order valence-corrected chi connectivity index (χ2v) is 6.46. The van der Waals surface area contributed by atoms with Crippen LogP contribution in [0.4, 0.5) is 4.39 Å². The summed E-state index contributed by atoms with van der Waals surface area (Å²) in [5.41, 5.74) is 9.81. The van der Waals surface area contributed by atoms with Crippen molar-refractivity contribution >= 4 is 15.9 Å². The largest absolute Gasteiger partial charge is 0.327 e. The van der Waals surface area contributed by atoms with Crippen molar-refractivity contribution in [3.63, 3.8) is 0 Å². The van der Waals surface area contributed by atoms with Crippen LogP contribution in [0.15, 0.2) is 46.9 Å². The molecule has 0 saturated carbocycles. The van der Waals surface area contributed by atoms with Crippen molar-refractivity contribution in [1.82, 2.24) is 0 Å². The zero-order chi connectivity index (χ0) is 14.1. The SMILES string of the molecule is NC(Cc1ccc(Br)cc1F)C1Cc2ccccc2C1. The molecule has 2 aromatic rings. The van der Waals surface area contributed by atoms with Gasteiger partial charge < -0.3 is 5.73 Å². The zero-order valence-corrected chi connectivity index (χ0v) is 12.7. The lowest BCUT2D eigenvalue weighted by Crippen LogP contribution is -2.33. The second kappa shape index (κ2) is 5.66. The Bertz CT molecular complexity index is 601. The maximum Gasteiger partial charge on any atom is 0.127 e. The van der Waals surface area contributed by atoms with Crippen LogP contribution in [-0.2, 0) is 19.3 Å². The van der Waals surface area contributed by atoms with Gasteiger partial charge in [-0.15, -0.1) is 0 Å². The van der Waals surface area contributed by atoms with Crippen molar-refractivity contribution < 1.29 is 4.39 Å². The highest BCUT2D eigenvalue weighted by molar-refractivity contribution is 9.10. The molecule has 0 bridgehead atoms. The first-order valence-electron chi connectivity index (χ1n) is 6.90. The van der Waals surface area contributed by atoms with Crippen LogP contribution in [0.3, 0.4) is 0 Å². The van der Waals surface area contributed by atoms with Gasteiger partial charge in [0.15, 0.2) is 0 Å². The fourth-order valence-corrected chi connectivity index (χ4v) is 3.34. The normalized spacial score (nSPS) is 16.1. The fourth-order valence-electron chi connectivity index (χ4n) is 3.00. The summed E-state index contributed by atoms with van der Waals surface area (Å²) >= 11 is 3.28. The number of hydrogen-bond donors (Lipinski definition) is 1. The molecule has 1 nitrogen and oxygen atoms in total. The van der Waals surface area contributed by atoms with E-state index in [9.17, 15) is 4.39 Å². The van der Waals surface area contributed by atoms with Crippen LogP contribution in [0.5, 0.6) is 0 Å². The maximum atomic E-state index is 13.9. The molecule has 2 N–H and O–H groups in total. The molecule has 2 aromatic carbocycles. The van der Waals surface area contributed by atoms with Gasteiger partial charge in [0.25, 0.3) is 0 Å². The molecule has 0 aliphatic heterocycles. The lowest BCUT2D eigenvalue weighted by Gasteiger charge is -2.19. The average molecular weight is 334 g/mol. The highest BCUT2D eigenvalue weighted by atomic mass is 79.9. The minimum absolute atomic E-state index is 0.00178. The van der Waals surface area contributed by atoms with Gasteiger partial charge in [-0.1, -0.05) is 46.3 Å². The Balaban J connectivity index is 1.70. The zero-order valence-electron chi connectivity index (χ0n) is 11.2. The molecule has 0 amide bonds. The third-order valence-corrected chi connectivity index (χ3v) is 4.65. The number of rotatable bonds is 3. The van der Waals surface area contributed by atoms with Crippen molar-refractivity contribution in [1.29, 1.82) is 0 Å². The molecule has 20 heavy (non-hydrogen) atoms. The Morgan fingerprint density at radius 2 is 1.80 bits per heavy atom. The van der Waals surface area contributed by atoms with Crippen LogP contribution in [0.2, 0.25) is 0 Å². The van der Waals surface area contributed by atoms with E-state index in [1.54, 1.807) is 0 Å². The Morgan fingerprint density at radius 1 is 1.15 bits per heavy atom. The Kier molecular flexibility index (Phi) is 3.90. The molecule has 0 saturated heterocycles. The van der Waals surface area contributed by atoms with E-state index in [0.29, 0.717) is 17.9 Å². The monoisotopic (exact) mass is 333 g/mol. The molecule has 104 valence electrons. The van der Waals surface area contributed by atoms with Crippen molar-refractivity contribution in [3.05, 3.63) is 69.4 Å². The van der Waals surface area contributed by atoms with Gasteiger partial charge >= 0.3 is 0 Å². The van der Waals surface area contributed by atoms with E-state index in [1.165, 1.54) is 17.2 Å². The summed E-state index contributed by atoms with van der Waals surface area (Å²) < 4.78 is 14.6. The topological polar surface area (TPSA) is 26.0 Å².